The fourth-order valence-electron chi connectivity index (χ4n) is 1.61. The van der Waals surface area contributed by atoms with Crippen molar-refractivity contribution in [2.75, 3.05) is 6.54 Å². The molecule has 0 atom stereocenters. The highest BCUT2D eigenvalue weighted by atomic mass is 19.1. The standard InChI is InChI=1S/C16H23F2N/c1-11(2)13(10-19-16(3,4)5)8-12-9-14(17)6-7-15(12)18/h6-9,11,19H,10H2,1-5H3. The SMILES string of the molecule is CC(C)C(=Cc1cc(F)ccc1F)CNC(C)(C)C. The maximum atomic E-state index is 13.6. The van der Waals surface area contributed by atoms with Gasteiger partial charge >= 0.3 is 0 Å². The number of benzene rings is 1. The highest BCUT2D eigenvalue weighted by Crippen LogP contribution is 2.18. The summed E-state index contributed by atoms with van der Waals surface area (Å²) in [7, 11) is 0. The summed E-state index contributed by atoms with van der Waals surface area (Å²) >= 11 is 0. The van der Waals surface area contributed by atoms with Crippen LogP contribution in [0.1, 0.15) is 40.2 Å². The lowest BCUT2D eigenvalue weighted by atomic mass is 9.98. The monoisotopic (exact) mass is 267 g/mol. The van der Waals surface area contributed by atoms with Crippen LogP contribution >= 0.6 is 0 Å². The molecule has 0 amide bonds. The molecular weight excluding hydrogens is 244 g/mol. The summed E-state index contributed by atoms with van der Waals surface area (Å²) in [6.07, 6.45) is 1.74. The van der Waals surface area contributed by atoms with Crippen LogP contribution in [0.5, 0.6) is 0 Å². The van der Waals surface area contributed by atoms with Gasteiger partial charge in [0.25, 0.3) is 0 Å². The van der Waals surface area contributed by atoms with Gasteiger partial charge in [0.1, 0.15) is 11.6 Å². The van der Waals surface area contributed by atoms with Crippen LogP contribution in [-0.2, 0) is 0 Å². The van der Waals surface area contributed by atoms with E-state index in [1.807, 2.05) is 13.8 Å². The van der Waals surface area contributed by atoms with Crippen LogP contribution in [0.25, 0.3) is 6.08 Å². The van der Waals surface area contributed by atoms with Crippen molar-refractivity contribution in [2.45, 2.75) is 40.2 Å². The first-order valence-electron chi connectivity index (χ1n) is 6.59. The molecule has 0 aliphatic heterocycles. The highest BCUT2D eigenvalue weighted by molar-refractivity contribution is 5.54. The second-order valence-electron chi connectivity index (χ2n) is 6.14. The van der Waals surface area contributed by atoms with E-state index in [-0.39, 0.29) is 11.5 Å². The first-order valence-corrected chi connectivity index (χ1v) is 6.59. The summed E-state index contributed by atoms with van der Waals surface area (Å²) in [5.74, 6) is -0.535. The van der Waals surface area contributed by atoms with Crippen LogP contribution in [0.4, 0.5) is 8.78 Å². The van der Waals surface area contributed by atoms with E-state index >= 15 is 0 Å². The molecule has 1 nitrogen and oxygen atoms in total. The third-order valence-electron chi connectivity index (χ3n) is 2.86. The van der Waals surface area contributed by atoms with E-state index in [9.17, 15) is 8.78 Å². The Kier molecular flexibility index (Phi) is 5.24. The number of rotatable bonds is 4. The van der Waals surface area contributed by atoms with Crippen molar-refractivity contribution < 1.29 is 8.78 Å². The molecule has 0 spiro atoms. The fraction of sp³-hybridized carbons (Fsp3) is 0.500. The quantitative estimate of drug-likeness (QED) is 0.853. The molecule has 0 saturated heterocycles. The minimum Gasteiger partial charge on any atom is -0.308 e. The molecule has 1 aromatic rings. The van der Waals surface area contributed by atoms with Crippen molar-refractivity contribution in [2.24, 2.45) is 5.92 Å². The summed E-state index contributed by atoms with van der Waals surface area (Å²) in [6, 6.07) is 3.53. The second-order valence-corrected chi connectivity index (χ2v) is 6.14. The molecule has 0 aliphatic rings. The molecule has 0 fully saturated rings. The zero-order valence-electron chi connectivity index (χ0n) is 12.3. The van der Waals surface area contributed by atoms with Crippen LogP contribution in [-0.4, -0.2) is 12.1 Å². The van der Waals surface area contributed by atoms with Crippen molar-refractivity contribution in [1.82, 2.24) is 5.32 Å². The van der Waals surface area contributed by atoms with Crippen LogP contribution < -0.4 is 5.32 Å². The molecule has 1 aromatic carbocycles. The molecule has 1 rings (SSSR count). The molecule has 106 valence electrons. The Morgan fingerprint density at radius 3 is 2.42 bits per heavy atom. The third kappa shape index (κ3) is 5.52. The predicted octanol–water partition coefficient (Wildman–Crippen LogP) is 4.39. The van der Waals surface area contributed by atoms with E-state index < -0.39 is 11.6 Å². The van der Waals surface area contributed by atoms with E-state index in [0.717, 1.165) is 17.7 Å². The fourth-order valence-corrected chi connectivity index (χ4v) is 1.61. The molecule has 0 bridgehead atoms. The maximum absolute atomic E-state index is 13.6. The maximum Gasteiger partial charge on any atom is 0.130 e. The van der Waals surface area contributed by atoms with Gasteiger partial charge in [0.2, 0.25) is 0 Å². The van der Waals surface area contributed by atoms with Gasteiger partial charge in [-0.15, -0.1) is 0 Å². The van der Waals surface area contributed by atoms with Crippen LogP contribution in [0.15, 0.2) is 23.8 Å². The van der Waals surface area contributed by atoms with E-state index in [1.54, 1.807) is 6.08 Å². The Morgan fingerprint density at radius 1 is 1.26 bits per heavy atom. The molecule has 0 heterocycles. The van der Waals surface area contributed by atoms with Crippen molar-refractivity contribution in [3.05, 3.63) is 41.0 Å². The summed E-state index contributed by atoms with van der Waals surface area (Å²) < 4.78 is 26.8. The number of hydrogen-bond acceptors (Lipinski definition) is 1. The topological polar surface area (TPSA) is 12.0 Å². The lowest BCUT2D eigenvalue weighted by molar-refractivity contribution is 0.437. The Morgan fingerprint density at radius 2 is 1.89 bits per heavy atom. The van der Waals surface area contributed by atoms with Crippen molar-refractivity contribution in [3.8, 4) is 0 Å². The first-order chi connectivity index (χ1) is 8.69. The minimum atomic E-state index is -0.417. The molecule has 0 aliphatic carbocycles. The van der Waals surface area contributed by atoms with Gasteiger partial charge in [-0.05, 0) is 44.9 Å². The first kappa shape index (κ1) is 15.8. The smallest absolute Gasteiger partial charge is 0.130 e. The molecular formula is C16H23F2N. The molecule has 0 aromatic heterocycles. The van der Waals surface area contributed by atoms with Gasteiger partial charge in [-0.25, -0.2) is 8.78 Å². The Balaban J connectivity index is 2.98. The van der Waals surface area contributed by atoms with E-state index in [0.29, 0.717) is 12.1 Å². The average Bonchev–Trinajstić information content (AvgIpc) is 2.27. The summed E-state index contributed by atoms with van der Waals surface area (Å²) in [5, 5.41) is 3.37. The lowest BCUT2D eigenvalue weighted by Crippen LogP contribution is -2.37. The minimum absolute atomic E-state index is 0.00549. The average molecular weight is 267 g/mol. The Labute approximate surface area is 114 Å². The van der Waals surface area contributed by atoms with Crippen LogP contribution in [0, 0.1) is 17.6 Å². The normalized spacial score (nSPS) is 13.2. The summed E-state index contributed by atoms with van der Waals surface area (Å²) in [6.45, 7) is 11.0. The zero-order chi connectivity index (χ0) is 14.6. The number of hydrogen-bond donors (Lipinski definition) is 1. The van der Waals surface area contributed by atoms with Gasteiger partial charge in [0.05, 0.1) is 0 Å². The predicted molar refractivity (Wildman–Crippen MR) is 76.9 cm³/mol. The Hall–Kier alpha value is -1.22. The van der Waals surface area contributed by atoms with Gasteiger partial charge in [0, 0.05) is 17.6 Å². The van der Waals surface area contributed by atoms with Gasteiger partial charge in [-0.1, -0.05) is 25.5 Å². The van der Waals surface area contributed by atoms with Crippen molar-refractivity contribution in [3.63, 3.8) is 0 Å². The van der Waals surface area contributed by atoms with Gasteiger partial charge in [-0.2, -0.15) is 0 Å². The molecule has 3 heteroatoms. The zero-order valence-corrected chi connectivity index (χ0v) is 12.3. The molecule has 0 unspecified atom stereocenters. The van der Waals surface area contributed by atoms with E-state index in [4.69, 9.17) is 0 Å². The van der Waals surface area contributed by atoms with E-state index in [1.165, 1.54) is 6.07 Å². The van der Waals surface area contributed by atoms with Crippen LogP contribution in [0.2, 0.25) is 0 Å². The number of halogens is 2. The summed E-state index contributed by atoms with van der Waals surface area (Å²) in [4.78, 5) is 0. The van der Waals surface area contributed by atoms with Crippen molar-refractivity contribution >= 4 is 6.08 Å². The molecule has 19 heavy (non-hydrogen) atoms. The van der Waals surface area contributed by atoms with Gasteiger partial charge in [0.15, 0.2) is 0 Å². The van der Waals surface area contributed by atoms with Gasteiger partial charge in [-0.3, -0.25) is 0 Å². The second kappa shape index (κ2) is 6.29. The molecule has 0 saturated carbocycles. The van der Waals surface area contributed by atoms with Gasteiger partial charge < -0.3 is 5.32 Å². The molecule has 1 N–H and O–H groups in total. The largest absolute Gasteiger partial charge is 0.308 e. The lowest BCUT2D eigenvalue weighted by Gasteiger charge is -2.23. The van der Waals surface area contributed by atoms with Crippen molar-refractivity contribution in [1.29, 1.82) is 0 Å². The Bertz CT molecular complexity index is 456. The van der Waals surface area contributed by atoms with Crippen LogP contribution in [0.3, 0.4) is 0 Å². The summed E-state index contributed by atoms with van der Waals surface area (Å²) in [5.41, 5.74) is 1.35. The van der Waals surface area contributed by atoms with E-state index in [2.05, 4.69) is 26.1 Å². The molecule has 0 radical (unpaired) electrons. The third-order valence-corrected chi connectivity index (χ3v) is 2.86. The number of nitrogens with one attached hydrogen (secondary N) is 1. The highest BCUT2D eigenvalue weighted by Gasteiger charge is 2.12.